The lowest BCUT2D eigenvalue weighted by molar-refractivity contribution is 0.00489. The van der Waals surface area contributed by atoms with Crippen molar-refractivity contribution in [2.24, 2.45) is 5.92 Å². The SMILES string of the molecule is COCOc1cc(Cl)ccc1-c1cc2c(nn1)C(C1CC3CCC(C1)N3C(=O)OC(C)(C)C)=CCN2C. The van der Waals surface area contributed by atoms with Crippen LogP contribution in [0.3, 0.4) is 0 Å². The number of piperidine rings is 1. The molecule has 3 aliphatic heterocycles. The molecule has 1 aromatic heterocycles. The van der Waals surface area contributed by atoms with Gasteiger partial charge in [0.05, 0.1) is 11.4 Å². The molecule has 2 saturated heterocycles. The zero-order valence-electron chi connectivity index (χ0n) is 22.2. The van der Waals surface area contributed by atoms with E-state index in [0.717, 1.165) is 54.9 Å². The Hall–Kier alpha value is -2.84. The average Bonchev–Trinajstić information content (AvgIpc) is 3.12. The Balaban J connectivity index is 1.40. The summed E-state index contributed by atoms with van der Waals surface area (Å²) in [5, 5.41) is 9.93. The number of methoxy groups -OCH3 is 1. The highest BCUT2D eigenvalue weighted by Crippen LogP contribution is 2.47. The zero-order valence-corrected chi connectivity index (χ0v) is 22.9. The van der Waals surface area contributed by atoms with Gasteiger partial charge in [0, 0.05) is 43.4 Å². The summed E-state index contributed by atoms with van der Waals surface area (Å²) < 4.78 is 16.6. The number of fused-ring (bicyclic) bond motifs is 3. The number of hydrogen-bond donors (Lipinski definition) is 0. The van der Waals surface area contributed by atoms with Crippen LogP contribution in [0.25, 0.3) is 16.8 Å². The number of likely N-dealkylation sites (N-methyl/N-ethyl adjacent to an activating group) is 1. The van der Waals surface area contributed by atoms with Crippen LogP contribution in [-0.4, -0.2) is 66.4 Å². The molecule has 2 aromatic rings. The van der Waals surface area contributed by atoms with Gasteiger partial charge < -0.3 is 24.0 Å². The Bertz CT molecular complexity index is 1200. The van der Waals surface area contributed by atoms with Crippen LogP contribution in [-0.2, 0) is 9.47 Å². The summed E-state index contributed by atoms with van der Waals surface area (Å²) in [5.41, 5.74) is 4.23. The number of ether oxygens (including phenoxy) is 3. The average molecular weight is 527 g/mol. The van der Waals surface area contributed by atoms with Crippen molar-refractivity contribution in [3.8, 4) is 17.0 Å². The van der Waals surface area contributed by atoms with Crippen LogP contribution in [0.2, 0.25) is 5.02 Å². The van der Waals surface area contributed by atoms with E-state index in [1.807, 2.05) is 37.8 Å². The summed E-state index contributed by atoms with van der Waals surface area (Å²) in [6.45, 7) is 6.67. The van der Waals surface area contributed by atoms with Gasteiger partial charge in [0.15, 0.2) is 6.79 Å². The number of benzene rings is 1. The van der Waals surface area contributed by atoms with Crippen molar-refractivity contribution in [3.63, 3.8) is 0 Å². The van der Waals surface area contributed by atoms with Gasteiger partial charge in [-0.3, -0.25) is 0 Å². The summed E-state index contributed by atoms with van der Waals surface area (Å²) >= 11 is 6.21. The number of carbonyl (C=O) groups excluding carboxylic acids is 1. The predicted octanol–water partition coefficient (Wildman–Crippen LogP) is 5.79. The summed E-state index contributed by atoms with van der Waals surface area (Å²) in [6.07, 6.45) is 5.97. The molecule has 0 aliphatic carbocycles. The van der Waals surface area contributed by atoms with Crippen LogP contribution in [0.4, 0.5) is 10.5 Å². The number of carbonyl (C=O) groups is 1. The third kappa shape index (κ3) is 5.27. The fourth-order valence-electron chi connectivity index (χ4n) is 5.79. The number of allylic oxidation sites excluding steroid dienone is 1. The lowest BCUT2D eigenvalue weighted by Crippen LogP contribution is -2.48. The van der Waals surface area contributed by atoms with Crippen molar-refractivity contribution in [2.75, 3.05) is 32.4 Å². The normalized spacial score (nSPS) is 23.0. The summed E-state index contributed by atoms with van der Waals surface area (Å²) in [6, 6.07) is 7.95. The molecule has 37 heavy (non-hydrogen) atoms. The summed E-state index contributed by atoms with van der Waals surface area (Å²) in [7, 11) is 3.65. The molecule has 198 valence electrons. The lowest BCUT2D eigenvalue weighted by Gasteiger charge is -2.41. The van der Waals surface area contributed by atoms with Crippen LogP contribution in [0, 0.1) is 5.92 Å². The number of hydrogen-bond acceptors (Lipinski definition) is 7. The third-order valence-electron chi connectivity index (χ3n) is 7.37. The van der Waals surface area contributed by atoms with Gasteiger partial charge in [-0.1, -0.05) is 17.7 Å². The second-order valence-electron chi connectivity index (χ2n) is 11.1. The molecule has 2 atom stereocenters. The lowest BCUT2D eigenvalue weighted by atomic mass is 9.81. The molecule has 5 rings (SSSR count). The second-order valence-corrected chi connectivity index (χ2v) is 11.6. The molecule has 8 nitrogen and oxygen atoms in total. The van der Waals surface area contributed by atoms with Crippen molar-refractivity contribution in [3.05, 3.63) is 41.1 Å². The standard InChI is InChI=1S/C28H35ClN4O4/c1-28(2,3)37-27(34)33-19-7-8-20(33)13-17(12-19)21-10-11-32(4)24-15-23(30-31-26(21)24)22-9-6-18(29)14-25(22)36-16-35-5/h6,9-10,14-15,17,19-20H,7-8,11-13,16H2,1-5H3. The molecule has 0 N–H and O–H groups in total. The minimum absolute atomic E-state index is 0.114. The molecule has 4 heterocycles. The van der Waals surface area contributed by atoms with Gasteiger partial charge >= 0.3 is 6.09 Å². The van der Waals surface area contributed by atoms with Crippen LogP contribution in [0.15, 0.2) is 30.3 Å². The Kier molecular flexibility index (Phi) is 7.07. The summed E-state index contributed by atoms with van der Waals surface area (Å²) in [5.74, 6) is 0.934. The predicted molar refractivity (Wildman–Crippen MR) is 144 cm³/mol. The molecular weight excluding hydrogens is 492 g/mol. The van der Waals surface area contributed by atoms with Gasteiger partial charge in [-0.05, 0) is 82.2 Å². The monoisotopic (exact) mass is 526 g/mol. The first-order valence-electron chi connectivity index (χ1n) is 12.9. The Morgan fingerprint density at radius 2 is 1.86 bits per heavy atom. The number of aromatic nitrogens is 2. The number of anilines is 1. The van der Waals surface area contributed by atoms with Gasteiger partial charge in [0.25, 0.3) is 0 Å². The van der Waals surface area contributed by atoms with E-state index in [4.69, 9.17) is 30.9 Å². The highest BCUT2D eigenvalue weighted by Gasteiger charge is 2.46. The smallest absolute Gasteiger partial charge is 0.410 e. The van der Waals surface area contributed by atoms with Crippen molar-refractivity contribution in [2.45, 2.75) is 64.1 Å². The number of amides is 1. The molecule has 1 amide bonds. The van der Waals surface area contributed by atoms with Crippen LogP contribution >= 0.6 is 11.6 Å². The van der Waals surface area contributed by atoms with Crippen molar-refractivity contribution in [1.82, 2.24) is 15.1 Å². The van der Waals surface area contributed by atoms with E-state index < -0.39 is 5.60 Å². The van der Waals surface area contributed by atoms with Crippen LogP contribution in [0.5, 0.6) is 5.75 Å². The quantitative estimate of drug-likeness (QED) is 0.456. The zero-order chi connectivity index (χ0) is 26.3. The topological polar surface area (TPSA) is 77.0 Å². The van der Waals surface area contributed by atoms with Gasteiger partial charge in [0.1, 0.15) is 17.0 Å². The van der Waals surface area contributed by atoms with Crippen molar-refractivity contribution in [1.29, 1.82) is 0 Å². The molecule has 9 heteroatoms. The maximum absolute atomic E-state index is 12.9. The van der Waals surface area contributed by atoms with Gasteiger partial charge in [-0.15, -0.1) is 10.2 Å². The number of nitrogens with zero attached hydrogens (tertiary/aromatic N) is 4. The minimum atomic E-state index is -0.491. The molecule has 0 spiro atoms. The molecule has 2 fully saturated rings. The first kappa shape index (κ1) is 25.8. The number of halogens is 1. The first-order chi connectivity index (χ1) is 17.6. The van der Waals surface area contributed by atoms with E-state index in [9.17, 15) is 4.79 Å². The van der Waals surface area contributed by atoms with E-state index in [0.29, 0.717) is 16.7 Å². The largest absolute Gasteiger partial charge is 0.467 e. The fraction of sp³-hybridized carbons (Fsp3) is 0.536. The van der Waals surface area contributed by atoms with E-state index in [-0.39, 0.29) is 25.0 Å². The number of rotatable bonds is 5. The molecule has 2 unspecified atom stereocenters. The molecule has 0 saturated carbocycles. The van der Waals surface area contributed by atoms with Crippen LogP contribution < -0.4 is 9.64 Å². The maximum atomic E-state index is 12.9. The molecule has 0 radical (unpaired) electrons. The molecule has 3 aliphatic rings. The molecule has 1 aromatic carbocycles. The minimum Gasteiger partial charge on any atom is -0.467 e. The fourth-order valence-corrected chi connectivity index (χ4v) is 5.96. The van der Waals surface area contributed by atoms with Crippen molar-refractivity contribution < 1.29 is 19.0 Å². The highest BCUT2D eigenvalue weighted by atomic mass is 35.5. The van der Waals surface area contributed by atoms with Gasteiger partial charge in [-0.2, -0.15) is 0 Å². The highest BCUT2D eigenvalue weighted by molar-refractivity contribution is 6.30. The van der Waals surface area contributed by atoms with Crippen molar-refractivity contribution >= 4 is 29.0 Å². The van der Waals surface area contributed by atoms with E-state index in [1.165, 1.54) is 5.57 Å². The van der Waals surface area contributed by atoms with E-state index in [2.05, 4.69) is 29.2 Å². The Morgan fingerprint density at radius 3 is 2.54 bits per heavy atom. The molecule has 2 bridgehead atoms. The maximum Gasteiger partial charge on any atom is 0.410 e. The summed E-state index contributed by atoms with van der Waals surface area (Å²) in [4.78, 5) is 17.1. The second kappa shape index (κ2) is 10.1. The van der Waals surface area contributed by atoms with Gasteiger partial charge in [0.2, 0.25) is 0 Å². The van der Waals surface area contributed by atoms with E-state index in [1.54, 1.807) is 13.2 Å². The third-order valence-corrected chi connectivity index (χ3v) is 7.61. The Labute approximate surface area is 223 Å². The van der Waals surface area contributed by atoms with Crippen LogP contribution in [0.1, 0.15) is 52.1 Å². The Morgan fingerprint density at radius 1 is 1.14 bits per heavy atom. The van der Waals surface area contributed by atoms with E-state index >= 15 is 0 Å². The first-order valence-corrected chi connectivity index (χ1v) is 13.2. The van der Waals surface area contributed by atoms with Gasteiger partial charge in [-0.25, -0.2) is 4.79 Å². The molecular formula is C28H35ClN4O4.